The molecule has 0 unspecified atom stereocenters. The molecule has 0 aromatic carbocycles. The van der Waals surface area contributed by atoms with Crippen molar-refractivity contribution in [2.45, 2.75) is 6.92 Å². The molecule has 108 valence electrons. The summed E-state index contributed by atoms with van der Waals surface area (Å²) < 4.78 is 1.27. The second-order valence-electron chi connectivity index (χ2n) is 5.05. The fourth-order valence-corrected chi connectivity index (χ4v) is 2.52. The van der Waals surface area contributed by atoms with E-state index in [2.05, 4.69) is 15.0 Å². The van der Waals surface area contributed by atoms with Crippen molar-refractivity contribution in [1.29, 1.82) is 0 Å². The molecule has 6 nitrogen and oxygen atoms in total. The maximum atomic E-state index is 10.4. The number of nitrogens with zero attached hydrogens (tertiary/aromatic N) is 4. The molecule has 0 saturated heterocycles. The van der Waals surface area contributed by atoms with E-state index >= 15 is 0 Å². The minimum atomic E-state index is -0.146. The smallest absolute Gasteiger partial charge is 0.227 e. The first-order chi connectivity index (χ1) is 10.6. The molecule has 0 spiro atoms. The highest BCUT2D eigenvalue weighted by molar-refractivity contribution is 5.90. The molecule has 0 fully saturated rings. The number of aryl methyl sites for hydroxylation is 1. The van der Waals surface area contributed by atoms with E-state index in [9.17, 15) is 10.2 Å². The van der Waals surface area contributed by atoms with Crippen LogP contribution in [0.5, 0.6) is 11.8 Å². The van der Waals surface area contributed by atoms with Crippen LogP contribution in [0.2, 0.25) is 0 Å². The number of hydrogen-bond donors (Lipinski definition) is 2. The van der Waals surface area contributed by atoms with E-state index in [1.54, 1.807) is 24.4 Å². The third-order valence-corrected chi connectivity index (χ3v) is 3.59. The van der Waals surface area contributed by atoms with Crippen molar-refractivity contribution < 1.29 is 10.2 Å². The van der Waals surface area contributed by atoms with Crippen LogP contribution in [-0.4, -0.2) is 29.7 Å². The van der Waals surface area contributed by atoms with Gasteiger partial charge < -0.3 is 10.2 Å². The Morgan fingerprint density at radius 2 is 1.77 bits per heavy atom. The first-order valence-electron chi connectivity index (χ1n) is 6.77. The van der Waals surface area contributed by atoms with E-state index in [1.165, 1.54) is 4.57 Å². The average molecular weight is 292 g/mol. The minimum absolute atomic E-state index is 0.0971. The maximum absolute atomic E-state index is 10.4. The quantitative estimate of drug-likeness (QED) is 0.563. The van der Waals surface area contributed by atoms with Crippen molar-refractivity contribution in [2.24, 2.45) is 0 Å². The van der Waals surface area contributed by atoms with Gasteiger partial charge >= 0.3 is 0 Å². The summed E-state index contributed by atoms with van der Waals surface area (Å²) >= 11 is 0. The van der Waals surface area contributed by atoms with Gasteiger partial charge in [0.1, 0.15) is 11.3 Å². The first-order valence-corrected chi connectivity index (χ1v) is 6.77. The zero-order valence-electron chi connectivity index (χ0n) is 11.7. The zero-order chi connectivity index (χ0) is 15.3. The SMILES string of the molecule is Cc1ccc2ccc(-n3c(O)c4cccnc4c3O)nc2n1. The lowest BCUT2D eigenvalue weighted by Gasteiger charge is -2.06. The highest BCUT2D eigenvalue weighted by atomic mass is 16.3. The third kappa shape index (κ3) is 1.70. The van der Waals surface area contributed by atoms with Gasteiger partial charge in [0.05, 0.1) is 5.39 Å². The normalized spacial score (nSPS) is 11.3. The predicted molar refractivity (Wildman–Crippen MR) is 82.2 cm³/mol. The second kappa shape index (κ2) is 4.42. The molecule has 4 aromatic heterocycles. The summed E-state index contributed by atoms with van der Waals surface area (Å²) in [6, 6.07) is 10.8. The van der Waals surface area contributed by atoms with E-state index in [1.807, 2.05) is 25.1 Å². The molecule has 0 aliphatic rings. The summed E-state index contributed by atoms with van der Waals surface area (Å²) in [6.45, 7) is 1.89. The lowest BCUT2D eigenvalue weighted by Crippen LogP contribution is -1.98. The Hall–Kier alpha value is -3.15. The number of fused-ring (bicyclic) bond motifs is 2. The average Bonchev–Trinajstić information content (AvgIpc) is 2.79. The molecule has 0 saturated carbocycles. The van der Waals surface area contributed by atoms with Crippen LogP contribution in [0.15, 0.2) is 42.6 Å². The Morgan fingerprint density at radius 1 is 0.955 bits per heavy atom. The molecule has 6 heteroatoms. The van der Waals surface area contributed by atoms with Crippen LogP contribution in [0, 0.1) is 6.92 Å². The largest absolute Gasteiger partial charge is 0.494 e. The molecule has 0 atom stereocenters. The summed E-state index contributed by atoms with van der Waals surface area (Å²) in [6.07, 6.45) is 1.56. The Labute approximate surface area is 125 Å². The van der Waals surface area contributed by atoms with E-state index in [4.69, 9.17) is 0 Å². The van der Waals surface area contributed by atoms with Crippen LogP contribution in [0.3, 0.4) is 0 Å². The van der Waals surface area contributed by atoms with Gasteiger partial charge in [-0.15, -0.1) is 0 Å². The molecule has 0 amide bonds. The molecule has 4 aromatic rings. The fraction of sp³-hybridized carbons (Fsp3) is 0.0625. The van der Waals surface area contributed by atoms with Crippen LogP contribution >= 0.6 is 0 Å². The maximum Gasteiger partial charge on any atom is 0.227 e. The molecule has 22 heavy (non-hydrogen) atoms. The van der Waals surface area contributed by atoms with Gasteiger partial charge in [-0.1, -0.05) is 0 Å². The summed E-state index contributed by atoms with van der Waals surface area (Å²) in [7, 11) is 0. The molecule has 4 heterocycles. The Morgan fingerprint density at radius 3 is 2.59 bits per heavy atom. The molecular weight excluding hydrogens is 280 g/mol. The highest BCUT2D eigenvalue weighted by Crippen LogP contribution is 2.36. The topological polar surface area (TPSA) is 84.1 Å². The Kier molecular flexibility index (Phi) is 2.53. The van der Waals surface area contributed by atoms with Crippen molar-refractivity contribution >= 4 is 21.9 Å². The van der Waals surface area contributed by atoms with Crippen molar-refractivity contribution in [1.82, 2.24) is 19.5 Å². The second-order valence-corrected chi connectivity index (χ2v) is 5.05. The third-order valence-electron chi connectivity index (χ3n) is 3.59. The van der Waals surface area contributed by atoms with Gasteiger partial charge in [-0.3, -0.25) is 4.98 Å². The lowest BCUT2D eigenvalue weighted by atomic mass is 10.2. The standard InChI is InChI=1S/C16H12N4O2/c1-9-4-5-10-6-7-12(19-14(10)18-9)20-15(21)11-3-2-8-17-13(11)16(20)22/h2-8,21-22H,1H3. The summed E-state index contributed by atoms with van der Waals surface area (Å²) in [5.41, 5.74) is 1.74. The molecule has 2 N–H and O–H groups in total. The Balaban J connectivity index is 2.02. The van der Waals surface area contributed by atoms with E-state index in [0.29, 0.717) is 22.4 Å². The summed E-state index contributed by atoms with van der Waals surface area (Å²) in [4.78, 5) is 12.9. The molecular formula is C16H12N4O2. The van der Waals surface area contributed by atoms with Gasteiger partial charge in [0.15, 0.2) is 5.65 Å². The van der Waals surface area contributed by atoms with Gasteiger partial charge in [0.25, 0.3) is 0 Å². The van der Waals surface area contributed by atoms with Gasteiger partial charge in [-0.05, 0) is 43.3 Å². The van der Waals surface area contributed by atoms with E-state index in [0.717, 1.165) is 11.1 Å². The van der Waals surface area contributed by atoms with Crippen molar-refractivity contribution in [3.05, 3.63) is 48.3 Å². The lowest BCUT2D eigenvalue weighted by molar-refractivity contribution is 0.404. The number of hydrogen-bond acceptors (Lipinski definition) is 5. The number of aromatic nitrogens is 4. The molecule has 0 aliphatic heterocycles. The van der Waals surface area contributed by atoms with Crippen molar-refractivity contribution in [3.8, 4) is 17.6 Å². The van der Waals surface area contributed by atoms with Crippen molar-refractivity contribution in [2.75, 3.05) is 0 Å². The molecule has 0 radical (unpaired) electrons. The van der Waals surface area contributed by atoms with Crippen LogP contribution in [0.1, 0.15) is 5.69 Å². The zero-order valence-corrected chi connectivity index (χ0v) is 11.7. The van der Waals surface area contributed by atoms with E-state index in [-0.39, 0.29) is 11.8 Å². The monoisotopic (exact) mass is 292 g/mol. The van der Waals surface area contributed by atoms with Crippen LogP contribution in [0.25, 0.3) is 27.8 Å². The van der Waals surface area contributed by atoms with Crippen molar-refractivity contribution in [3.63, 3.8) is 0 Å². The summed E-state index contributed by atoms with van der Waals surface area (Å²) in [5.74, 6) is 0.145. The molecule has 0 bridgehead atoms. The van der Waals surface area contributed by atoms with Gasteiger partial charge in [0, 0.05) is 17.3 Å². The highest BCUT2D eigenvalue weighted by Gasteiger charge is 2.19. The predicted octanol–water partition coefficient (Wildman–Crippen LogP) is 2.69. The van der Waals surface area contributed by atoms with E-state index < -0.39 is 0 Å². The van der Waals surface area contributed by atoms with Crippen LogP contribution < -0.4 is 0 Å². The Bertz CT molecular complexity index is 984. The van der Waals surface area contributed by atoms with Gasteiger partial charge in [-0.2, -0.15) is 0 Å². The molecule has 4 rings (SSSR count). The number of pyridine rings is 3. The van der Waals surface area contributed by atoms with Crippen LogP contribution in [-0.2, 0) is 0 Å². The molecule has 0 aliphatic carbocycles. The van der Waals surface area contributed by atoms with Crippen LogP contribution in [0.4, 0.5) is 0 Å². The fourth-order valence-electron chi connectivity index (χ4n) is 2.52. The van der Waals surface area contributed by atoms with Gasteiger partial charge in [0.2, 0.25) is 11.8 Å². The number of rotatable bonds is 1. The van der Waals surface area contributed by atoms with Gasteiger partial charge in [-0.25, -0.2) is 14.5 Å². The summed E-state index contributed by atoms with van der Waals surface area (Å²) in [5, 5.41) is 22.0. The minimum Gasteiger partial charge on any atom is -0.494 e. The first kappa shape index (κ1) is 12.6. The number of aromatic hydroxyl groups is 2.